The number of rotatable bonds is 8. The number of hydrogen-bond acceptors (Lipinski definition) is 3. The first-order chi connectivity index (χ1) is 8.71. The molecule has 3 nitrogen and oxygen atoms in total. The quantitative estimate of drug-likeness (QED) is 0.537. The third kappa shape index (κ3) is 4.75. The fourth-order valence-electron chi connectivity index (χ4n) is 1.72. The van der Waals surface area contributed by atoms with Crippen molar-refractivity contribution in [3.63, 3.8) is 0 Å². The van der Waals surface area contributed by atoms with Crippen molar-refractivity contribution in [3.05, 3.63) is 23.8 Å². The van der Waals surface area contributed by atoms with Crippen LogP contribution in [0.1, 0.15) is 18.9 Å². The summed E-state index contributed by atoms with van der Waals surface area (Å²) in [6, 6.07) is 5.88. The number of halogens is 1. The van der Waals surface area contributed by atoms with Gasteiger partial charge in [-0.25, -0.2) is 0 Å². The highest BCUT2D eigenvalue weighted by molar-refractivity contribution is 6.20. The number of hydrogen-bond donors (Lipinski definition) is 0. The second-order valence-corrected chi connectivity index (χ2v) is 4.59. The number of methoxy groups -OCH3 is 2. The fraction of sp³-hybridized carbons (Fsp3) is 0.571. The molecule has 1 atom stereocenters. The molecule has 1 aromatic rings. The summed E-state index contributed by atoms with van der Waals surface area (Å²) in [4.78, 5) is 0. The maximum absolute atomic E-state index is 6.27. The van der Waals surface area contributed by atoms with E-state index in [0.29, 0.717) is 6.61 Å². The first-order valence-corrected chi connectivity index (χ1v) is 6.57. The molecule has 0 bridgehead atoms. The Morgan fingerprint density at radius 3 is 2.50 bits per heavy atom. The van der Waals surface area contributed by atoms with Crippen molar-refractivity contribution in [1.29, 1.82) is 0 Å². The van der Waals surface area contributed by atoms with Crippen LogP contribution in [0.3, 0.4) is 0 Å². The summed E-state index contributed by atoms with van der Waals surface area (Å²) in [7, 11) is 3.26. The van der Waals surface area contributed by atoms with Crippen molar-refractivity contribution >= 4 is 11.6 Å². The van der Waals surface area contributed by atoms with Crippen LogP contribution in [0.5, 0.6) is 11.5 Å². The van der Waals surface area contributed by atoms with Gasteiger partial charge < -0.3 is 14.2 Å². The zero-order valence-electron chi connectivity index (χ0n) is 11.2. The molecule has 1 unspecified atom stereocenters. The fourth-order valence-corrected chi connectivity index (χ4v) is 1.99. The number of benzene rings is 1. The summed E-state index contributed by atoms with van der Waals surface area (Å²) in [5.41, 5.74) is 1.14. The molecule has 0 saturated carbocycles. The van der Waals surface area contributed by atoms with Crippen LogP contribution >= 0.6 is 11.6 Å². The van der Waals surface area contributed by atoms with E-state index in [2.05, 4.69) is 0 Å². The lowest BCUT2D eigenvalue weighted by atomic mass is 10.1. The van der Waals surface area contributed by atoms with Crippen LogP contribution in [0, 0.1) is 0 Å². The molecule has 0 spiro atoms. The highest BCUT2D eigenvalue weighted by atomic mass is 35.5. The molecule has 102 valence electrons. The minimum absolute atomic E-state index is 0.0784. The SMILES string of the molecule is CCOCCC(Cl)Cc1ccc(OC)c(OC)c1. The van der Waals surface area contributed by atoms with Crippen LogP contribution in [-0.4, -0.2) is 32.8 Å². The van der Waals surface area contributed by atoms with Gasteiger partial charge in [-0.2, -0.15) is 0 Å². The summed E-state index contributed by atoms with van der Waals surface area (Å²) in [5, 5.41) is 0.0784. The van der Waals surface area contributed by atoms with Gasteiger partial charge in [0.15, 0.2) is 11.5 Å². The van der Waals surface area contributed by atoms with Gasteiger partial charge >= 0.3 is 0 Å². The Labute approximate surface area is 114 Å². The average molecular weight is 273 g/mol. The lowest BCUT2D eigenvalue weighted by Crippen LogP contribution is -2.08. The van der Waals surface area contributed by atoms with Crippen molar-refractivity contribution in [2.75, 3.05) is 27.4 Å². The van der Waals surface area contributed by atoms with Crippen molar-refractivity contribution in [2.45, 2.75) is 25.1 Å². The zero-order valence-corrected chi connectivity index (χ0v) is 12.0. The first kappa shape index (κ1) is 15.1. The van der Waals surface area contributed by atoms with Crippen LogP contribution in [0.2, 0.25) is 0 Å². The lowest BCUT2D eigenvalue weighted by Gasteiger charge is -2.12. The summed E-state index contributed by atoms with van der Waals surface area (Å²) in [5.74, 6) is 1.48. The maximum Gasteiger partial charge on any atom is 0.160 e. The van der Waals surface area contributed by atoms with E-state index in [4.69, 9.17) is 25.8 Å². The second-order valence-electron chi connectivity index (χ2n) is 3.98. The molecule has 0 aromatic heterocycles. The van der Waals surface area contributed by atoms with Crippen LogP contribution in [0.25, 0.3) is 0 Å². The average Bonchev–Trinajstić information content (AvgIpc) is 2.39. The van der Waals surface area contributed by atoms with Gasteiger partial charge in [-0.3, -0.25) is 0 Å². The zero-order chi connectivity index (χ0) is 13.4. The van der Waals surface area contributed by atoms with E-state index in [1.54, 1.807) is 14.2 Å². The van der Waals surface area contributed by atoms with Gasteiger partial charge in [0, 0.05) is 18.6 Å². The second kappa shape index (κ2) is 8.22. The van der Waals surface area contributed by atoms with Crippen molar-refractivity contribution in [2.24, 2.45) is 0 Å². The van der Waals surface area contributed by atoms with E-state index >= 15 is 0 Å². The van der Waals surface area contributed by atoms with Gasteiger partial charge in [-0.15, -0.1) is 11.6 Å². The number of alkyl halides is 1. The van der Waals surface area contributed by atoms with E-state index in [0.717, 1.165) is 36.5 Å². The van der Waals surface area contributed by atoms with Gasteiger partial charge in [0.25, 0.3) is 0 Å². The first-order valence-electron chi connectivity index (χ1n) is 6.14. The molecule has 0 N–H and O–H groups in total. The van der Waals surface area contributed by atoms with Gasteiger partial charge in [0.05, 0.1) is 14.2 Å². The molecule has 1 rings (SSSR count). The van der Waals surface area contributed by atoms with Gasteiger partial charge in [-0.05, 0) is 37.5 Å². The Morgan fingerprint density at radius 1 is 1.17 bits per heavy atom. The number of ether oxygens (including phenoxy) is 3. The van der Waals surface area contributed by atoms with E-state index in [1.807, 2.05) is 25.1 Å². The van der Waals surface area contributed by atoms with Crippen LogP contribution in [-0.2, 0) is 11.2 Å². The lowest BCUT2D eigenvalue weighted by molar-refractivity contribution is 0.144. The predicted molar refractivity (Wildman–Crippen MR) is 74.0 cm³/mol. The van der Waals surface area contributed by atoms with Crippen molar-refractivity contribution in [3.8, 4) is 11.5 Å². The minimum atomic E-state index is 0.0784. The minimum Gasteiger partial charge on any atom is -0.493 e. The monoisotopic (exact) mass is 272 g/mol. The van der Waals surface area contributed by atoms with Gasteiger partial charge in [0.2, 0.25) is 0 Å². The molecule has 0 aliphatic heterocycles. The van der Waals surface area contributed by atoms with E-state index in [-0.39, 0.29) is 5.38 Å². The summed E-state index contributed by atoms with van der Waals surface area (Å²) >= 11 is 6.27. The standard InChI is InChI=1S/C14H21ClO3/c1-4-18-8-7-12(15)9-11-5-6-13(16-2)14(10-11)17-3/h5-6,10,12H,4,7-9H2,1-3H3. The Bertz CT molecular complexity index is 355. The maximum atomic E-state index is 6.27. The molecule has 0 amide bonds. The van der Waals surface area contributed by atoms with E-state index in [1.165, 1.54) is 0 Å². The predicted octanol–water partition coefficient (Wildman–Crippen LogP) is 3.28. The summed E-state index contributed by atoms with van der Waals surface area (Å²) in [6.07, 6.45) is 1.65. The van der Waals surface area contributed by atoms with Crippen LogP contribution < -0.4 is 9.47 Å². The van der Waals surface area contributed by atoms with Crippen LogP contribution in [0.15, 0.2) is 18.2 Å². The molecular weight excluding hydrogens is 252 g/mol. The molecular formula is C14H21ClO3. The molecule has 4 heteroatoms. The highest BCUT2D eigenvalue weighted by Gasteiger charge is 2.09. The molecule has 0 heterocycles. The van der Waals surface area contributed by atoms with Crippen molar-refractivity contribution < 1.29 is 14.2 Å². The highest BCUT2D eigenvalue weighted by Crippen LogP contribution is 2.28. The summed E-state index contributed by atoms with van der Waals surface area (Å²) in [6.45, 7) is 3.43. The molecule has 0 saturated heterocycles. The Morgan fingerprint density at radius 2 is 1.89 bits per heavy atom. The van der Waals surface area contributed by atoms with E-state index < -0.39 is 0 Å². The van der Waals surface area contributed by atoms with Crippen molar-refractivity contribution in [1.82, 2.24) is 0 Å². The Balaban J connectivity index is 2.56. The smallest absolute Gasteiger partial charge is 0.160 e. The molecule has 0 fully saturated rings. The molecule has 0 radical (unpaired) electrons. The third-order valence-corrected chi connectivity index (χ3v) is 3.06. The molecule has 18 heavy (non-hydrogen) atoms. The van der Waals surface area contributed by atoms with E-state index in [9.17, 15) is 0 Å². The Kier molecular flexibility index (Phi) is 6.91. The molecule has 0 aliphatic rings. The normalized spacial score (nSPS) is 12.2. The third-order valence-electron chi connectivity index (χ3n) is 2.68. The van der Waals surface area contributed by atoms with Gasteiger partial charge in [0.1, 0.15) is 0 Å². The van der Waals surface area contributed by atoms with Crippen LogP contribution in [0.4, 0.5) is 0 Å². The molecule has 0 aliphatic carbocycles. The topological polar surface area (TPSA) is 27.7 Å². The Hall–Kier alpha value is -0.930. The van der Waals surface area contributed by atoms with Gasteiger partial charge in [-0.1, -0.05) is 6.07 Å². The molecule has 1 aromatic carbocycles. The largest absolute Gasteiger partial charge is 0.493 e. The summed E-state index contributed by atoms with van der Waals surface area (Å²) < 4.78 is 15.8.